The van der Waals surface area contributed by atoms with Crippen molar-refractivity contribution in [3.05, 3.63) is 71.3 Å². The van der Waals surface area contributed by atoms with Crippen LogP contribution in [0.25, 0.3) is 11.1 Å². The van der Waals surface area contributed by atoms with Gasteiger partial charge in [0, 0.05) is 30.6 Å². The number of likely N-dealkylation sites (tertiary alicyclic amines) is 1. The van der Waals surface area contributed by atoms with Crippen LogP contribution in [0.15, 0.2) is 60.2 Å². The number of carbonyl (C=O) groups excluding carboxylic acids is 5. The number of carboxylic acid groups (broad SMARTS) is 1. The first-order chi connectivity index (χ1) is 23.3. The van der Waals surface area contributed by atoms with Gasteiger partial charge in [-0.2, -0.15) is 0 Å². The monoisotopic (exact) mass is 690 g/mol. The van der Waals surface area contributed by atoms with Crippen molar-refractivity contribution in [1.29, 1.82) is 0 Å². The van der Waals surface area contributed by atoms with E-state index in [1.807, 2.05) is 6.92 Å². The Labute approximate surface area is 292 Å². The summed E-state index contributed by atoms with van der Waals surface area (Å²) < 4.78 is 16.2. The minimum absolute atomic E-state index is 0.0537. The summed E-state index contributed by atoms with van der Waals surface area (Å²) >= 11 is 0. The van der Waals surface area contributed by atoms with Crippen LogP contribution in [0.2, 0.25) is 0 Å². The molecule has 1 N–H and O–H groups in total. The van der Waals surface area contributed by atoms with E-state index >= 15 is 0 Å². The van der Waals surface area contributed by atoms with E-state index in [2.05, 4.69) is 0 Å². The average Bonchev–Trinajstić information content (AvgIpc) is 3.68. The Kier molecular flexibility index (Phi) is 11.2. The second kappa shape index (κ2) is 14.9. The SMILES string of the molecule is CCC1=C[C@@](CC(=O)c2ccc(-c3ccc(C(=O)COC(=O)[C@@H]4CCCN4C(=O)OC(C)(C)C)cc3)cc2)(C(=O)O)N(C(=O)OC(C)(C)C)C1. The van der Waals surface area contributed by atoms with Gasteiger partial charge < -0.3 is 19.3 Å². The summed E-state index contributed by atoms with van der Waals surface area (Å²) in [6.45, 7) is 12.1. The van der Waals surface area contributed by atoms with Gasteiger partial charge in [0.25, 0.3) is 0 Å². The van der Waals surface area contributed by atoms with Crippen LogP contribution >= 0.6 is 0 Å². The molecule has 2 atom stereocenters. The van der Waals surface area contributed by atoms with Gasteiger partial charge in [-0.15, -0.1) is 0 Å². The maximum atomic E-state index is 13.5. The summed E-state index contributed by atoms with van der Waals surface area (Å²) in [5, 5.41) is 10.3. The number of ketones is 2. The fourth-order valence-corrected chi connectivity index (χ4v) is 5.87. The molecule has 1 saturated heterocycles. The number of rotatable bonds is 10. The van der Waals surface area contributed by atoms with Gasteiger partial charge in [-0.25, -0.2) is 19.2 Å². The van der Waals surface area contributed by atoms with Crippen molar-refractivity contribution >= 4 is 35.7 Å². The lowest BCUT2D eigenvalue weighted by molar-refractivity contribution is -0.148. The minimum Gasteiger partial charge on any atom is -0.479 e. The lowest BCUT2D eigenvalue weighted by atomic mass is 9.89. The Morgan fingerprint density at radius 2 is 1.32 bits per heavy atom. The number of esters is 1. The van der Waals surface area contributed by atoms with Gasteiger partial charge in [0.2, 0.25) is 0 Å². The zero-order chi connectivity index (χ0) is 37.0. The first-order valence-corrected chi connectivity index (χ1v) is 16.7. The van der Waals surface area contributed by atoms with Crippen molar-refractivity contribution in [3.63, 3.8) is 0 Å². The van der Waals surface area contributed by atoms with Crippen LogP contribution in [0.3, 0.4) is 0 Å². The van der Waals surface area contributed by atoms with Crippen LogP contribution in [0, 0.1) is 0 Å². The molecule has 0 aliphatic carbocycles. The Hall–Kier alpha value is -5.00. The van der Waals surface area contributed by atoms with Gasteiger partial charge >= 0.3 is 24.1 Å². The molecule has 12 heteroatoms. The second-order valence-corrected chi connectivity index (χ2v) is 14.6. The number of hydrogen-bond acceptors (Lipinski definition) is 9. The molecule has 2 aromatic carbocycles. The van der Waals surface area contributed by atoms with Crippen molar-refractivity contribution in [2.24, 2.45) is 0 Å². The van der Waals surface area contributed by atoms with Crippen molar-refractivity contribution in [1.82, 2.24) is 9.80 Å². The highest BCUT2D eigenvalue weighted by Crippen LogP contribution is 2.35. The minimum atomic E-state index is -1.88. The van der Waals surface area contributed by atoms with E-state index in [9.17, 15) is 33.9 Å². The first kappa shape index (κ1) is 37.8. The third-order valence-electron chi connectivity index (χ3n) is 8.40. The second-order valence-electron chi connectivity index (χ2n) is 14.6. The number of hydrogen-bond donors (Lipinski definition) is 1. The van der Waals surface area contributed by atoms with Crippen molar-refractivity contribution in [2.45, 2.75) is 96.9 Å². The molecule has 12 nitrogen and oxygen atoms in total. The maximum absolute atomic E-state index is 13.5. The molecule has 2 aliphatic rings. The number of carbonyl (C=O) groups is 6. The number of ether oxygens (including phenoxy) is 3. The van der Waals surface area contributed by atoms with Crippen molar-refractivity contribution in [2.75, 3.05) is 19.7 Å². The summed E-state index contributed by atoms with van der Waals surface area (Å²) in [5.41, 5.74) is -0.620. The molecule has 0 bridgehead atoms. The Balaban J connectivity index is 1.39. The van der Waals surface area contributed by atoms with Gasteiger partial charge in [0.05, 0.1) is 0 Å². The maximum Gasteiger partial charge on any atom is 0.411 e. The molecule has 2 aromatic rings. The molecule has 1 fully saturated rings. The van der Waals surface area contributed by atoms with Gasteiger partial charge in [-0.05, 0) is 78.0 Å². The molecule has 2 heterocycles. The van der Waals surface area contributed by atoms with Gasteiger partial charge in [-0.3, -0.25) is 19.4 Å². The van der Waals surface area contributed by atoms with Crippen LogP contribution in [-0.4, -0.2) is 93.1 Å². The molecule has 2 amide bonds. The normalized spacial score (nSPS) is 19.1. The van der Waals surface area contributed by atoms with Crippen molar-refractivity contribution in [3.8, 4) is 11.1 Å². The van der Waals surface area contributed by atoms with Gasteiger partial charge in [0.1, 0.15) is 17.2 Å². The lowest BCUT2D eigenvalue weighted by Gasteiger charge is -2.35. The topological polar surface area (TPSA) is 157 Å². The summed E-state index contributed by atoms with van der Waals surface area (Å²) in [4.78, 5) is 79.7. The molecule has 2 aliphatic heterocycles. The highest BCUT2D eigenvalue weighted by atomic mass is 16.6. The van der Waals surface area contributed by atoms with E-state index in [0.717, 1.165) is 21.6 Å². The largest absolute Gasteiger partial charge is 0.479 e. The molecular weight excluding hydrogens is 644 g/mol. The summed E-state index contributed by atoms with van der Waals surface area (Å²) in [7, 11) is 0. The Morgan fingerprint density at radius 3 is 1.82 bits per heavy atom. The van der Waals surface area contributed by atoms with Crippen molar-refractivity contribution < 1.29 is 48.1 Å². The smallest absolute Gasteiger partial charge is 0.411 e. The van der Waals surface area contributed by atoms with Crippen LogP contribution in [0.4, 0.5) is 9.59 Å². The zero-order valence-electron chi connectivity index (χ0n) is 29.7. The Morgan fingerprint density at radius 1 is 0.800 bits per heavy atom. The number of nitrogens with zero attached hydrogens (tertiary/aromatic N) is 2. The first-order valence-electron chi connectivity index (χ1n) is 16.7. The van der Waals surface area contributed by atoms with E-state index < -0.39 is 71.5 Å². The molecule has 0 spiro atoms. The van der Waals surface area contributed by atoms with E-state index in [4.69, 9.17) is 14.2 Å². The molecule has 0 radical (unpaired) electrons. The highest BCUT2D eigenvalue weighted by Gasteiger charge is 2.51. The standard InChI is InChI=1S/C38H46N2O10/c1-8-24-20-38(33(44)45,40(22-24)35(47)50-37(5,6)7)21-30(41)27-15-11-25(12-16-27)26-13-17-28(18-14-26)31(42)23-48-32(43)29-10-9-19-39(29)34(46)49-36(2,3)4/h11-18,20,29H,8-10,19,21-23H2,1-7H3,(H,44,45)/t29-,38+/m0/s1. The summed E-state index contributed by atoms with van der Waals surface area (Å²) in [6, 6.07) is 12.5. The van der Waals surface area contributed by atoms with E-state index in [-0.39, 0.29) is 12.1 Å². The molecular formula is C38H46N2O10. The zero-order valence-corrected chi connectivity index (χ0v) is 29.7. The quantitative estimate of drug-likeness (QED) is 0.127. The predicted molar refractivity (Wildman–Crippen MR) is 184 cm³/mol. The average molecular weight is 691 g/mol. The highest BCUT2D eigenvalue weighted by molar-refractivity contribution is 6.03. The predicted octanol–water partition coefficient (Wildman–Crippen LogP) is 6.46. The molecule has 0 aromatic heterocycles. The van der Waals surface area contributed by atoms with Crippen LogP contribution in [-0.2, 0) is 23.8 Å². The number of benzene rings is 2. The Bertz CT molecular complexity index is 1660. The molecule has 4 rings (SSSR count). The third-order valence-corrected chi connectivity index (χ3v) is 8.40. The fraction of sp³-hybridized carbons (Fsp3) is 0.474. The van der Waals surface area contributed by atoms with E-state index in [0.29, 0.717) is 31.4 Å². The van der Waals surface area contributed by atoms with Gasteiger partial charge in [-0.1, -0.05) is 61.0 Å². The lowest BCUT2D eigenvalue weighted by Crippen LogP contribution is -2.55. The summed E-state index contributed by atoms with van der Waals surface area (Å²) in [6.07, 6.45) is 1.18. The van der Waals surface area contributed by atoms with Crippen LogP contribution < -0.4 is 0 Å². The number of carboxylic acids is 1. The van der Waals surface area contributed by atoms with E-state index in [1.165, 1.54) is 11.0 Å². The van der Waals surface area contributed by atoms with Crippen LogP contribution in [0.5, 0.6) is 0 Å². The molecule has 268 valence electrons. The number of aliphatic carboxylic acids is 1. The number of amides is 2. The fourth-order valence-electron chi connectivity index (χ4n) is 5.87. The molecule has 0 unspecified atom stereocenters. The number of Topliss-reactive ketones (excluding diaryl/α,β-unsaturated/α-hetero) is 2. The third kappa shape index (κ3) is 8.96. The molecule has 0 saturated carbocycles. The van der Waals surface area contributed by atoms with Gasteiger partial charge in [0.15, 0.2) is 23.7 Å². The summed E-state index contributed by atoms with van der Waals surface area (Å²) in [5.74, 6) is -2.84. The molecule has 50 heavy (non-hydrogen) atoms. The van der Waals surface area contributed by atoms with Crippen LogP contribution in [0.1, 0.15) is 94.9 Å². The van der Waals surface area contributed by atoms with E-state index in [1.54, 1.807) is 90.1 Å².